The molecule has 2 aliphatic heterocycles. The number of carbonyl (C=O) groups is 3. The van der Waals surface area contributed by atoms with E-state index in [1.165, 1.54) is 0 Å². The standard InChI is InChI=1S/C24H23I2N3O4S/c1-2-33-22-16(12-17(25)14-19(22)26)13-20-23(31)29(24(32)34-20)15-21(30)28-10-8-27(9-11-28)18-6-4-3-5-7-18/h3-7,12-14H,2,8-11,15H2,1H3/b20-13+. The molecule has 0 N–H and O–H groups in total. The van der Waals surface area contributed by atoms with Crippen LogP contribution in [-0.4, -0.2) is 66.2 Å². The lowest BCUT2D eigenvalue weighted by molar-refractivity contribution is -0.136. The first-order valence-electron chi connectivity index (χ1n) is 10.8. The summed E-state index contributed by atoms with van der Waals surface area (Å²) in [6, 6.07) is 14.0. The van der Waals surface area contributed by atoms with E-state index in [-0.39, 0.29) is 12.5 Å². The van der Waals surface area contributed by atoms with Gasteiger partial charge in [0.2, 0.25) is 5.91 Å². The average molecular weight is 703 g/mol. The third-order valence-electron chi connectivity index (χ3n) is 5.53. The maximum atomic E-state index is 13.0. The molecule has 7 nitrogen and oxygen atoms in total. The Balaban J connectivity index is 1.42. The largest absolute Gasteiger partial charge is 0.492 e. The van der Waals surface area contributed by atoms with Crippen molar-refractivity contribution in [3.05, 3.63) is 60.1 Å². The molecule has 34 heavy (non-hydrogen) atoms. The molecule has 2 aromatic carbocycles. The molecule has 2 aromatic rings. The lowest BCUT2D eigenvalue weighted by Crippen LogP contribution is -2.51. The van der Waals surface area contributed by atoms with E-state index in [2.05, 4.69) is 62.2 Å². The first-order valence-corrected chi connectivity index (χ1v) is 13.8. The Bertz CT molecular complexity index is 1130. The van der Waals surface area contributed by atoms with Crippen molar-refractivity contribution in [1.29, 1.82) is 0 Å². The van der Waals surface area contributed by atoms with Crippen LogP contribution in [0.4, 0.5) is 10.5 Å². The molecule has 2 saturated heterocycles. The summed E-state index contributed by atoms with van der Waals surface area (Å²) in [5.41, 5.74) is 1.87. The van der Waals surface area contributed by atoms with Crippen LogP contribution in [0.2, 0.25) is 0 Å². The summed E-state index contributed by atoms with van der Waals surface area (Å²) >= 11 is 5.27. The van der Waals surface area contributed by atoms with Crippen LogP contribution < -0.4 is 9.64 Å². The van der Waals surface area contributed by atoms with Crippen LogP contribution in [0.15, 0.2) is 47.4 Å². The summed E-state index contributed by atoms with van der Waals surface area (Å²) < 4.78 is 7.70. The van der Waals surface area contributed by atoms with Gasteiger partial charge in [0.25, 0.3) is 11.1 Å². The van der Waals surface area contributed by atoms with Gasteiger partial charge in [-0.1, -0.05) is 18.2 Å². The van der Waals surface area contributed by atoms with E-state index in [0.717, 1.165) is 35.1 Å². The highest BCUT2D eigenvalue weighted by atomic mass is 127. The first kappa shape index (κ1) is 25.3. The van der Waals surface area contributed by atoms with Crippen molar-refractivity contribution >= 4 is 85.8 Å². The minimum Gasteiger partial charge on any atom is -0.492 e. The van der Waals surface area contributed by atoms with Gasteiger partial charge < -0.3 is 14.5 Å². The van der Waals surface area contributed by atoms with Gasteiger partial charge >= 0.3 is 0 Å². The third-order valence-corrected chi connectivity index (χ3v) is 7.86. The molecular formula is C24H23I2N3O4S. The predicted octanol–water partition coefficient (Wildman–Crippen LogP) is 4.68. The number of ether oxygens (including phenoxy) is 1. The monoisotopic (exact) mass is 703 g/mol. The molecule has 0 bridgehead atoms. The zero-order chi connectivity index (χ0) is 24.2. The van der Waals surface area contributed by atoms with Gasteiger partial charge in [-0.2, -0.15) is 0 Å². The summed E-state index contributed by atoms with van der Waals surface area (Å²) in [6.07, 6.45) is 1.68. The number of piperazine rings is 1. The molecule has 10 heteroatoms. The highest BCUT2D eigenvalue weighted by Crippen LogP contribution is 2.36. The topological polar surface area (TPSA) is 70.2 Å². The van der Waals surface area contributed by atoms with Gasteiger partial charge in [0.1, 0.15) is 12.3 Å². The maximum Gasteiger partial charge on any atom is 0.294 e. The van der Waals surface area contributed by atoms with Crippen molar-refractivity contribution in [3.8, 4) is 5.75 Å². The number of halogens is 2. The molecule has 0 radical (unpaired) electrons. The molecule has 0 aromatic heterocycles. The normalized spacial score (nSPS) is 17.6. The van der Waals surface area contributed by atoms with Crippen molar-refractivity contribution < 1.29 is 19.1 Å². The van der Waals surface area contributed by atoms with Crippen molar-refractivity contribution in [2.75, 3.05) is 44.2 Å². The van der Waals surface area contributed by atoms with Crippen molar-refractivity contribution in [3.63, 3.8) is 0 Å². The average Bonchev–Trinajstić information content (AvgIpc) is 3.09. The molecule has 2 fully saturated rings. The SMILES string of the molecule is CCOc1c(I)cc(I)cc1/C=C1/SC(=O)N(CC(=O)N2CCN(c3ccccc3)CC2)C1=O. The fourth-order valence-corrected chi connectivity index (χ4v) is 6.72. The van der Waals surface area contributed by atoms with Gasteiger partial charge in [-0.3, -0.25) is 19.3 Å². The van der Waals surface area contributed by atoms with Crippen LogP contribution >= 0.6 is 56.9 Å². The number of hydrogen-bond donors (Lipinski definition) is 0. The molecule has 2 aliphatic rings. The number of rotatable bonds is 6. The molecule has 178 valence electrons. The van der Waals surface area contributed by atoms with E-state index in [9.17, 15) is 14.4 Å². The van der Waals surface area contributed by atoms with Gasteiger partial charge in [-0.25, -0.2) is 0 Å². The van der Waals surface area contributed by atoms with Crippen LogP contribution in [0.25, 0.3) is 6.08 Å². The highest BCUT2D eigenvalue weighted by Gasteiger charge is 2.37. The smallest absolute Gasteiger partial charge is 0.294 e. The molecule has 0 atom stereocenters. The first-order chi connectivity index (χ1) is 16.4. The quantitative estimate of drug-likeness (QED) is 0.322. The zero-order valence-corrected chi connectivity index (χ0v) is 23.6. The van der Waals surface area contributed by atoms with Gasteiger partial charge in [0, 0.05) is 41.0 Å². The number of imide groups is 1. The van der Waals surface area contributed by atoms with E-state index in [1.807, 2.05) is 37.3 Å². The minimum atomic E-state index is -0.442. The lowest BCUT2D eigenvalue weighted by Gasteiger charge is -2.36. The number of amides is 3. The Morgan fingerprint density at radius 3 is 2.47 bits per heavy atom. The van der Waals surface area contributed by atoms with E-state index in [1.54, 1.807) is 11.0 Å². The van der Waals surface area contributed by atoms with Crippen LogP contribution in [0.1, 0.15) is 12.5 Å². The number of benzene rings is 2. The summed E-state index contributed by atoms with van der Waals surface area (Å²) in [7, 11) is 0. The van der Waals surface area contributed by atoms with Crippen LogP contribution in [0, 0.1) is 7.14 Å². The summed E-state index contributed by atoms with van der Waals surface area (Å²) in [5.74, 6) is 0.0281. The Kier molecular flexibility index (Phi) is 8.40. The van der Waals surface area contributed by atoms with Gasteiger partial charge in [0.05, 0.1) is 15.1 Å². The number of hydrogen-bond acceptors (Lipinski definition) is 6. The lowest BCUT2D eigenvalue weighted by atomic mass is 10.2. The molecule has 0 spiro atoms. The van der Waals surface area contributed by atoms with Crippen LogP contribution in [-0.2, 0) is 9.59 Å². The molecule has 4 rings (SSSR count). The van der Waals surface area contributed by atoms with Crippen LogP contribution in [0.3, 0.4) is 0 Å². The number of para-hydroxylation sites is 1. The van der Waals surface area contributed by atoms with Crippen molar-refractivity contribution in [2.24, 2.45) is 0 Å². The number of carbonyl (C=O) groups excluding carboxylic acids is 3. The Hall–Kier alpha value is -1.80. The van der Waals surface area contributed by atoms with Crippen molar-refractivity contribution in [1.82, 2.24) is 9.80 Å². The Morgan fingerprint density at radius 1 is 1.09 bits per heavy atom. The second kappa shape index (κ2) is 11.3. The molecular weight excluding hydrogens is 680 g/mol. The number of nitrogens with zero attached hydrogens (tertiary/aromatic N) is 3. The highest BCUT2D eigenvalue weighted by molar-refractivity contribution is 14.1. The van der Waals surface area contributed by atoms with Crippen LogP contribution in [0.5, 0.6) is 5.75 Å². The molecule has 3 amide bonds. The van der Waals surface area contributed by atoms with Crippen molar-refractivity contribution in [2.45, 2.75) is 6.92 Å². The second-order valence-electron chi connectivity index (χ2n) is 7.71. The van der Waals surface area contributed by atoms with E-state index >= 15 is 0 Å². The summed E-state index contributed by atoms with van der Waals surface area (Å²) in [5, 5.41) is -0.425. The predicted molar refractivity (Wildman–Crippen MR) is 151 cm³/mol. The van der Waals surface area contributed by atoms with E-state index in [0.29, 0.717) is 43.4 Å². The van der Waals surface area contributed by atoms with Gasteiger partial charge in [0.15, 0.2) is 0 Å². The molecule has 0 unspecified atom stereocenters. The fraction of sp³-hybridized carbons (Fsp3) is 0.292. The van der Waals surface area contributed by atoms with E-state index in [4.69, 9.17) is 4.74 Å². The molecule has 2 heterocycles. The van der Waals surface area contributed by atoms with E-state index < -0.39 is 11.1 Å². The fourth-order valence-electron chi connectivity index (χ4n) is 3.85. The minimum absolute atomic E-state index is 0.213. The molecule has 0 aliphatic carbocycles. The molecule has 0 saturated carbocycles. The maximum absolute atomic E-state index is 13.0. The second-order valence-corrected chi connectivity index (χ2v) is 11.1. The zero-order valence-electron chi connectivity index (χ0n) is 18.5. The third kappa shape index (κ3) is 5.70. The van der Waals surface area contributed by atoms with Gasteiger partial charge in [-0.05, 0) is 94.2 Å². The Labute approximate surface area is 230 Å². The summed E-state index contributed by atoms with van der Waals surface area (Å²) in [4.78, 5) is 43.8. The Morgan fingerprint density at radius 2 is 1.79 bits per heavy atom. The van der Waals surface area contributed by atoms with Gasteiger partial charge in [-0.15, -0.1) is 0 Å². The summed E-state index contributed by atoms with van der Waals surface area (Å²) in [6.45, 7) is 4.68. The number of anilines is 1. The number of thioether (sulfide) groups is 1.